The molecule has 1 amide bonds. The maximum atomic E-state index is 11.9. The Balaban J connectivity index is 1.59. The van der Waals surface area contributed by atoms with Crippen molar-refractivity contribution in [1.82, 2.24) is 5.43 Å². The molecule has 6 nitrogen and oxygen atoms in total. The van der Waals surface area contributed by atoms with Crippen molar-refractivity contribution in [1.29, 1.82) is 0 Å². The summed E-state index contributed by atoms with van der Waals surface area (Å²) in [4.78, 5) is 11.9. The summed E-state index contributed by atoms with van der Waals surface area (Å²) in [6, 6.07) is 14.9. The minimum atomic E-state index is -0.448. The number of phenolic OH excluding ortho intramolecular Hbond substituents is 2. The topological polar surface area (TPSA) is 91.2 Å². The van der Waals surface area contributed by atoms with E-state index in [1.54, 1.807) is 6.07 Å². The summed E-state index contributed by atoms with van der Waals surface area (Å²) in [5, 5.41) is 25.5. The molecule has 0 aromatic heterocycles. The van der Waals surface area contributed by atoms with Gasteiger partial charge in [0.1, 0.15) is 21.7 Å². The van der Waals surface area contributed by atoms with E-state index in [4.69, 9.17) is 4.74 Å². The number of carbonyl (C=O) groups excluding carboxylic acids is 1. The summed E-state index contributed by atoms with van der Waals surface area (Å²) in [7, 11) is 0. The number of ether oxygens (including phenoxy) is 1. The fraction of sp³-hybridized carbons (Fsp3) is 0.0526. The van der Waals surface area contributed by atoms with Gasteiger partial charge >= 0.3 is 0 Å². The van der Waals surface area contributed by atoms with Crippen molar-refractivity contribution in [2.24, 2.45) is 5.10 Å². The molecular formula is C19H14Br2N2O4. The lowest BCUT2D eigenvalue weighted by atomic mass is 10.1. The number of halogens is 2. The molecule has 0 spiro atoms. The van der Waals surface area contributed by atoms with Crippen LogP contribution in [0, 0.1) is 0 Å². The molecule has 3 aromatic carbocycles. The molecule has 3 rings (SSSR count). The molecule has 0 aliphatic heterocycles. The molecular weight excluding hydrogens is 480 g/mol. The van der Waals surface area contributed by atoms with E-state index in [-0.39, 0.29) is 22.6 Å². The Kier molecular flexibility index (Phi) is 5.98. The molecule has 0 heterocycles. The second kappa shape index (κ2) is 8.41. The van der Waals surface area contributed by atoms with Crippen molar-refractivity contribution in [3.8, 4) is 17.2 Å². The van der Waals surface area contributed by atoms with Gasteiger partial charge in [0.25, 0.3) is 5.91 Å². The largest absolute Gasteiger partial charge is 0.506 e. The number of nitrogens with one attached hydrogen (secondary N) is 1. The van der Waals surface area contributed by atoms with E-state index < -0.39 is 5.91 Å². The Morgan fingerprint density at radius 3 is 2.59 bits per heavy atom. The minimum absolute atomic E-state index is 0.127. The van der Waals surface area contributed by atoms with E-state index in [2.05, 4.69) is 42.4 Å². The highest BCUT2D eigenvalue weighted by Gasteiger charge is 2.12. The second-order valence-electron chi connectivity index (χ2n) is 5.55. The lowest BCUT2D eigenvalue weighted by Crippen LogP contribution is -2.24. The molecule has 8 heteroatoms. The predicted octanol–water partition coefficient (Wildman–Crippen LogP) is 4.31. The predicted molar refractivity (Wildman–Crippen MR) is 110 cm³/mol. The van der Waals surface area contributed by atoms with Gasteiger partial charge in [-0.15, -0.1) is 0 Å². The number of amides is 1. The van der Waals surface area contributed by atoms with Crippen LogP contribution in [0.5, 0.6) is 17.2 Å². The van der Waals surface area contributed by atoms with E-state index in [0.29, 0.717) is 15.8 Å². The number of carbonyl (C=O) groups is 1. The van der Waals surface area contributed by atoms with Gasteiger partial charge in [0.2, 0.25) is 0 Å². The van der Waals surface area contributed by atoms with Crippen LogP contribution >= 0.6 is 31.9 Å². The third kappa shape index (κ3) is 4.58. The molecule has 3 N–H and O–H groups in total. The average Bonchev–Trinajstić information content (AvgIpc) is 2.68. The lowest BCUT2D eigenvalue weighted by Gasteiger charge is -2.07. The van der Waals surface area contributed by atoms with Crippen molar-refractivity contribution in [2.45, 2.75) is 0 Å². The molecule has 0 unspecified atom stereocenters. The van der Waals surface area contributed by atoms with Crippen molar-refractivity contribution in [3.05, 3.63) is 63.0 Å². The summed E-state index contributed by atoms with van der Waals surface area (Å²) in [6.45, 7) is -0.204. The molecule has 0 saturated heterocycles. The number of rotatable bonds is 5. The highest BCUT2D eigenvalue weighted by atomic mass is 79.9. The number of hydrogen-bond donors (Lipinski definition) is 3. The first kappa shape index (κ1) is 19.2. The minimum Gasteiger partial charge on any atom is -0.506 e. The van der Waals surface area contributed by atoms with Crippen LogP contribution in [-0.4, -0.2) is 28.9 Å². The van der Waals surface area contributed by atoms with Gasteiger partial charge in [0, 0.05) is 5.56 Å². The first-order valence-corrected chi connectivity index (χ1v) is 9.37. The Morgan fingerprint density at radius 1 is 1.07 bits per heavy atom. The van der Waals surface area contributed by atoms with E-state index in [1.807, 2.05) is 36.4 Å². The van der Waals surface area contributed by atoms with Crippen LogP contribution in [0.4, 0.5) is 0 Å². The SMILES string of the molecule is O=C(COc1ccc2ccccc2c1)N/N=C/c1cc(Br)c(O)c(Br)c1O. The molecule has 0 fully saturated rings. The average molecular weight is 494 g/mol. The fourth-order valence-corrected chi connectivity index (χ4v) is 3.48. The molecule has 0 saturated carbocycles. The number of benzene rings is 3. The third-order valence-electron chi connectivity index (χ3n) is 3.68. The monoisotopic (exact) mass is 492 g/mol. The number of phenols is 2. The Hall–Kier alpha value is -2.58. The van der Waals surface area contributed by atoms with Crippen LogP contribution in [0.25, 0.3) is 10.8 Å². The van der Waals surface area contributed by atoms with Gasteiger partial charge < -0.3 is 14.9 Å². The van der Waals surface area contributed by atoms with Gasteiger partial charge in [-0.05, 0) is 60.8 Å². The fourth-order valence-electron chi connectivity index (χ4n) is 2.33. The van der Waals surface area contributed by atoms with Crippen LogP contribution in [0.1, 0.15) is 5.56 Å². The standard InChI is InChI=1S/C19H14Br2N2O4/c20-15-8-13(18(25)17(21)19(15)26)9-22-23-16(24)10-27-14-6-5-11-3-1-2-4-12(11)7-14/h1-9,25-26H,10H2,(H,23,24)/b22-9+. The molecule has 0 bridgehead atoms. The highest BCUT2D eigenvalue weighted by Crippen LogP contribution is 2.40. The van der Waals surface area contributed by atoms with Crippen molar-refractivity contribution in [2.75, 3.05) is 6.61 Å². The molecule has 3 aromatic rings. The van der Waals surface area contributed by atoms with Gasteiger partial charge in [-0.2, -0.15) is 5.10 Å². The molecule has 138 valence electrons. The lowest BCUT2D eigenvalue weighted by molar-refractivity contribution is -0.123. The van der Waals surface area contributed by atoms with Gasteiger partial charge in [0.15, 0.2) is 6.61 Å². The summed E-state index contributed by atoms with van der Waals surface area (Å²) < 4.78 is 5.98. The van der Waals surface area contributed by atoms with E-state index in [9.17, 15) is 15.0 Å². The van der Waals surface area contributed by atoms with Crippen LogP contribution < -0.4 is 10.2 Å². The van der Waals surface area contributed by atoms with Gasteiger partial charge in [-0.25, -0.2) is 5.43 Å². The normalized spacial score (nSPS) is 11.0. The first-order valence-electron chi connectivity index (χ1n) is 7.79. The molecule has 0 atom stereocenters. The molecule has 0 radical (unpaired) electrons. The highest BCUT2D eigenvalue weighted by molar-refractivity contribution is 9.11. The number of aromatic hydroxyl groups is 2. The van der Waals surface area contributed by atoms with E-state index >= 15 is 0 Å². The third-order valence-corrected chi connectivity index (χ3v) is 5.04. The summed E-state index contributed by atoms with van der Waals surface area (Å²) in [5.41, 5.74) is 2.63. The summed E-state index contributed by atoms with van der Waals surface area (Å²) in [6.07, 6.45) is 1.26. The van der Waals surface area contributed by atoms with Gasteiger partial charge in [0.05, 0.1) is 10.7 Å². The van der Waals surface area contributed by atoms with Crippen molar-refractivity contribution >= 4 is 54.8 Å². The first-order chi connectivity index (χ1) is 13.0. The second-order valence-corrected chi connectivity index (χ2v) is 7.20. The zero-order valence-corrected chi connectivity index (χ0v) is 17.0. The summed E-state index contributed by atoms with van der Waals surface area (Å²) >= 11 is 6.23. The van der Waals surface area contributed by atoms with Crippen LogP contribution in [0.15, 0.2) is 62.6 Å². The zero-order chi connectivity index (χ0) is 19.4. The molecule has 0 aliphatic carbocycles. The Bertz CT molecular complexity index is 1040. The van der Waals surface area contributed by atoms with Crippen molar-refractivity contribution < 1.29 is 19.7 Å². The van der Waals surface area contributed by atoms with Crippen LogP contribution in [0.2, 0.25) is 0 Å². The summed E-state index contributed by atoms with van der Waals surface area (Å²) in [5.74, 6) is -0.189. The van der Waals surface area contributed by atoms with E-state index in [0.717, 1.165) is 10.8 Å². The maximum Gasteiger partial charge on any atom is 0.277 e. The molecule has 0 aliphatic rings. The smallest absolute Gasteiger partial charge is 0.277 e. The van der Waals surface area contributed by atoms with Crippen LogP contribution in [0.3, 0.4) is 0 Å². The maximum absolute atomic E-state index is 11.9. The number of nitrogens with zero attached hydrogens (tertiary/aromatic N) is 1. The zero-order valence-electron chi connectivity index (χ0n) is 13.8. The van der Waals surface area contributed by atoms with E-state index in [1.165, 1.54) is 12.3 Å². The quantitative estimate of drug-likeness (QED) is 0.365. The Morgan fingerprint density at radius 2 is 1.81 bits per heavy atom. The Labute approximate surface area is 171 Å². The number of hydrazone groups is 1. The molecule has 27 heavy (non-hydrogen) atoms. The van der Waals surface area contributed by atoms with Crippen LogP contribution in [-0.2, 0) is 4.79 Å². The number of hydrogen-bond acceptors (Lipinski definition) is 5. The van der Waals surface area contributed by atoms with Crippen molar-refractivity contribution in [3.63, 3.8) is 0 Å². The van der Waals surface area contributed by atoms with Gasteiger partial charge in [-0.3, -0.25) is 4.79 Å². The number of fused-ring (bicyclic) bond motifs is 1. The van der Waals surface area contributed by atoms with Gasteiger partial charge in [-0.1, -0.05) is 30.3 Å².